The van der Waals surface area contributed by atoms with Gasteiger partial charge in [-0.05, 0) is 17.7 Å². The minimum absolute atomic E-state index is 0.0466. The first-order chi connectivity index (χ1) is 17.6. The number of rotatable bonds is 7. The summed E-state index contributed by atoms with van der Waals surface area (Å²) in [6, 6.07) is 9.67. The molecule has 1 aliphatic heterocycles. The van der Waals surface area contributed by atoms with E-state index in [0.717, 1.165) is 45.1 Å². The van der Waals surface area contributed by atoms with E-state index in [-0.39, 0.29) is 12.2 Å². The van der Waals surface area contributed by atoms with Crippen LogP contribution in [0, 0.1) is 0 Å². The molecule has 0 unspecified atom stereocenters. The lowest BCUT2D eigenvalue weighted by atomic mass is 10.1. The summed E-state index contributed by atoms with van der Waals surface area (Å²) in [6.45, 7) is 3.26. The minimum atomic E-state index is -0.664. The Hall–Kier alpha value is -3.71. The summed E-state index contributed by atoms with van der Waals surface area (Å²) in [7, 11) is 1.87. The quantitative estimate of drug-likeness (QED) is 0.252. The number of nitrogens with zero attached hydrogens (tertiary/aromatic N) is 6. The average Bonchev–Trinajstić information content (AvgIpc) is 3.34. The van der Waals surface area contributed by atoms with Crippen LogP contribution in [0.5, 0.6) is 0 Å². The van der Waals surface area contributed by atoms with Crippen LogP contribution >= 0.6 is 11.3 Å². The number of ether oxygens (including phenoxy) is 1. The van der Waals surface area contributed by atoms with Crippen molar-refractivity contribution in [3.05, 3.63) is 58.7 Å². The number of hydrogen-bond donors (Lipinski definition) is 3. The van der Waals surface area contributed by atoms with Gasteiger partial charge in [-0.1, -0.05) is 18.2 Å². The largest absolute Gasteiger partial charge is 0.392 e. The smallest absolute Gasteiger partial charge is 0.277 e. The topological polar surface area (TPSA) is 137 Å². The number of hydrogen-bond acceptors (Lipinski definition) is 11. The van der Waals surface area contributed by atoms with Crippen molar-refractivity contribution < 1.29 is 19.8 Å². The van der Waals surface area contributed by atoms with E-state index in [0.29, 0.717) is 31.5 Å². The molecule has 186 valence electrons. The molecular formula is C24H25N7O4S. The van der Waals surface area contributed by atoms with Crippen molar-refractivity contribution in [1.82, 2.24) is 25.4 Å². The maximum atomic E-state index is 11.5. The normalized spacial score (nSPS) is 13.7. The number of benzene rings is 1. The molecule has 4 aromatic rings. The number of carbonyl (C=O) groups excluding carboxylic acids is 1. The lowest BCUT2D eigenvalue weighted by molar-refractivity contribution is 0.0705. The zero-order chi connectivity index (χ0) is 25.1. The van der Waals surface area contributed by atoms with Gasteiger partial charge in [-0.2, -0.15) is 0 Å². The van der Waals surface area contributed by atoms with Crippen LogP contribution in [0.2, 0.25) is 0 Å². The van der Waals surface area contributed by atoms with Crippen LogP contribution in [0.3, 0.4) is 0 Å². The van der Waals surface area contributed by atoms with Crippen molar-refractivity contribution in [2.75, 3.05) is 43.2 Å². The second-order valence-corrected chi connectivity index (χ2v) is 9.46. The summed E-state index contributed by atoms with van der Waals surface area (Å²) >= 11 is 1.62. The molecular weight excluding hydrogens is 482 g/mol. The van der Waals surface area contributed by atoms with E-state index in [9.17, 15) is 9.90 Å². The predicted octanol–water partition coefficient (Wildman–Crippen LogP) is 2.23. The van der Waals surface area contributed by atoms with E-state index in [2.05, 4.69) is 20.9 Å². The number of anilines is 2. The Bertz CT molecular complexity index is 1370. The number of amides is 1. The Morgan fingerprint density at radius 1 is 1.19 bits per heavy atom. The van der Waals surface area contributed by atoms with Crippen molar-refractivity contribution in [3.8, 4) is 11.4 Å². The van der Waals surface area contributed by atoms with Crippen LogP contribution in [-0.4, -0.2) is 69.5 Å². The first kappa shape index (κ1) is 24.0. The number of fused-ring (bicyclic) bond motifs is 1. The molecule has 11 nitrogen and oxygen atoms in total. The van der Waals surface area contributed by atoms with Gasteiger partial charge in [0.25, 0.3) is 5.91 Å². The second kappa shape index (κ2) is 10.5. The summed E-state index contributed by atoms with van der Waals surface area (Å²) in [4.78, 5) is 35.0. The molecule has 0 spiro atoms. The van der Waals surface area contributed by atoms with Crippen LogP contribution in [0.1, 0.15) is 20.8 Å². The molecule has 1 aromatic carbocycles. The molecule has 12 heteroatoms. The number of aliphatic hydroxyl groups excluding tert-OH is 1. The number of aromatic nitrogens is 4. The first-order valence-electron chi connectivity index (χ1n) is 11.4. The fourth-order valence-electron chi connectivity index (χ4n) is 3.97. The molecule has 36 heavy (non-hydrogen) atoms. The molecule has 4 heterocycles. The summed E-state index contributed by atoms with van der Waals surface area (Å²) in [5.74, 6) is 1.27. The lowest BCUT2D eigenvalue weighted by Gasteiger charge is -2.28. The van der Waals surface area contributed by atoms with Crippen molar-refractivity contribution in [3.63, 3.8) is 0 Å². The Morgan fingerprint density at radius 3 is 2.69 bits per heavy atom. The van der Waals surface area contributed by atoms with Gasteiger partial charge >= 0.3 is 0 Å². The number of hydroxylamine groups is 1. The summed E-state index contributed by atoms with van der Waals surface area (Å²) < 4.78 is 6.55. The van der Waals surface area contributed by atoms with Gasteiger partial charge in [0, 0.05) is 43.0 Å². The zero-order valence-electron chi connectivity index (χ0n) is 19.6. The molecule has 0 aliphatic carbocycles. The molecule has 1 fully saturated rings. The van der Waals surface area contributed by atoms with Gasteiger partial charge in [0.2, 0.25) is 5.95 Å². The first-order valence-corrected chi connectivity index (χ1v) is 12.2. The van der Waals surface area contributed by atoms with Gasteiger partial charge in [-0.3, -0.25) is 10.0 Å². The number of thiophene rings is 1. The SMILES string of the molecule is CN(Cc1cc2nc(-c3cccc(CO)c3)nc(N3CCOCC3)c2s1)c1ncc(C(=O)NO)cn1. The standard InChI is InChI=1S/C24H25N7O4S/c1-30(24-25-11-17(12-26-24)23(33)29-34)13-18-10-19-20(36-18)22(31-5-7-35-8-6-31)28-21(27-19)16-4-2-3-15(9-16)14-32/h2-4,9-12,32,34H,5-8,13-14H2,1H3,(H,29,33). The van der Waals surface area contributed by atoms with Crippen LogP contribution in [0.15, 0.2) is 42.7 Å². The zero-order valence-corrected chi connectivity index (χ0v) is 20.4. The van der Waals surface area contributed by atoms with Crippen LogP contribution in [-0.2, 0) is 17.9 Å². The van der Waals surface area contributed by atoms with Crippen molar-refractivity contribution in [2.45, 2.75) is 13.2 Å². The van der Waals surface area contributed by atoms with Crippen molar-refractivity contribution in [2.24, 2.45) is 0 Å². The molecule has 3 N–H and O–H groups in total. The summed E-state index contributed by atoms with van der Waals surface area (Å²) in [6.07, 6.45) is 2.73. The molecule has 1 aliphatic rings. The molecule has 1 saturated heterocycles. The molecule has 0 saturated carbocycles. The number of aliphatic hydroxyl groups is 1. The Kier molecular flexibility index (Phi) is 7.00. The maximum absolute atomic E-state index is 11.5. The van der Waals surface area contributed by atoms with E-state index in [4.69, 9.17) is 19.9 Å². The van der Waals surface area contributed by atoms with E-state index < -0.39 is 5.91 Å². The highest BCUT2D eigenvalue weighted by molar-refractivity contribution is 7.19. The third-order valence-corrected chi connectivity index (χ3v) is 6.92. The molecule has 5 rings (SSSR count). The Labute approximate surface area is 211 Å². The summed E-state index contributed by atoms with van der Waals surface area (Å²) in [5.41, 5.74) is 4.24. The maximum Gasteiger partial charge on any atom is 0.277 e. The highest BCUT2D eigenvalue weighted by atomic mass is 32.1. The van der Waals surface area contributed by atoms with E-state index in [1.54, 1.807) is 16.8 Å². The average molecular weight is 508 g/mol. The fraction of sp³-hybridized carbons (Fsp3) is 0.292. The third-order valence-electron chi connectivity index (χ3n) is 5.82. The highest BCUT2D eigenvalue weighted by Gasteiger charge is 2.21. The highest BCUT2D eigenvalue weighted by Crippen LogP contribution is 2.35. The second-order valence-electron chi connectivity index (χ2n) is 8.32. The van der Waals surface area contributed by atoms with E-state index in [1.807, 2.05) is 36.2 Å². The van der Waals surface area contributed by atoms with Crippen LogP contribution in [0.25, 0.3) is 21.6 Å². The molecule has 0 atom stereocenters. The molecule has 0 bridgehead atoms. The Balaban J connectivity index is 1.48. The van der Waals surface area contributed by atoms with Crippen molar-refractivity contribution >= 4 is 39.2 Å². The van der Waals surface area contributed by atoms with Crippen molar-refractivity contribution in [1.29, 1.82) is 0 Å². The van der Waals surface area contributed by atoms with E-state index in [1.165, 1.54) is 12.4 Å². The van der Waals surface area contributed by atoms with E-state index >= 15 is 0 Å². The fourth-order valence-corrected chi connectivity index (χ4v) is 5.14. The predicted molar refractivity (Wildman–Crippen MR) is 135 cm³/mol. The van der Waals surface area contributed by atoms with Gasteiger partial charge in [-0.25, -0.2) is 25.4 Å². The molecule has 3 aromatic heterocycles. The minimum Gasteiger partial charge on any atom is -0.392 e. The molecule has 1 amide bonds. The van der Waals surface area contributed by atoms with Gasteiger partial charge in [-0.15, -0.1) is 11.3 Å². The number of nitrogens with one attached hydrogen (secondary N) is 1. The van der Waals surface area contributed by atoms with Gasteiger partial charge in [0.15, 0.2) is 11.6 Å². The summed E-state index contributed by atoms with van der Waals surface area (Å²) in [5, 5.41) is 18.3. The molecule has 0 radical (unpaired) electrons. The number of morpholine rings is 1. The number of carbonyl (C=O) groups is 1. The van der Waals surface area contributed by atoms with Gasteiger partial charge < -0.3 is 19.6 Å². The Morgan fingerprint density at radius 2 is 1.97 bits per heavy atom. The third kappa shape index (κ3) is 4.97. The monoisotopic (exact) mass is 507 g/mol. The van der Waals surface area contributed by atoms with Gasteiger partial charge in [0.05, 0.1) is 42.1 Å². The van der Waals surface area contributed by atoms with Crippen LogP contribution < -0.4 is 15.3 Å². The lowest BCUT2D eigenvalue weighted by Crippen LogP contribution is -2.36. The van der Waals surface area contributed by atoms with Gasteiger partial charge in [0.1, 0.15) is 0 Å². The van der Waals surface area contributed by atoms with Crippen LogP contribution in [0.4, 0.5) is 11.8 Å².